The minimum atomic E-state index is 0.139. The third-order valence-electron chi connectivity index (χ3n) is 5.01. The Labute approximate surface area is 125 Å². The molecule has 4 nitrogen and oxygen atoms in total. The summed E-state index contributed by atoms with van der Waals surface area (Å²) in [5.41, 5.74) is 2.23. The van der Waals surface area contributed by atoms with Crippen LogP contribution in [0.5, 0.6) is 0 Å². The van der Waals surface area contributed by atoms with Crippen LogP contribution in [-0.4, -0.2) is 28.7 Å². The van der Waals surface area contributed by atoms with Crippen molar-refractivity contribution in [1.82, 2.24) is 14.9 Å². The van der Waals surface area contributed by atoms with Crippen LogP contribution in [0.1, 0.15) is 38.3 Å². The zero-order valence-corrected chi connectivity index (χ0v) is 12.4. The van der Waals surface area contributed by atoms with Gasteiger partial charge in [0, 0.05) is 12.6 Å². The molecule has 0 spiro atoms. The Morgan fingerprint density at radius 2 is 2.14 bits per heavy atom. The Kier molecular flexibility index (Phi) is 3.65. The molecule has 1 aromatic heterocycles. The molecule has 0 radical (unpaired) electrons. The van der Waals surface area contributed by atoms with Gasteiger partial charge in [0.1, 0.15) is 6.23 Å². The number of piperidine rings is 1. The predicted octanol–water partition coefficient (Wildman–Crippen LogP) is 3.10. The van der Waals surface area contributed by atoms with Gasteiger partial charge in [-0.2, -0.15) is 0 Å². The molecule has 3 unspecified atom stereocenters. The summed E-state index contributed by atoms with van der Waals surface area (Å²) in [4.78, 5) is 4.50. The number of para-hydroxylation sites is 2. The first kappa shape index (κ1) is 13.3. The van der Waals surface area contributed by atoms with Crippen LogP contribution in [0.3, 0.4) is 0 Å². The van der Waals surface area contributed by atoms with Crippen LogP contribution in [0.4, 0.5) is 0 Å². The summed E-state index contributed by atoms with van der Waals surface area (Å²) in [5, 5.41) is 3.71. The number of nitrogens with zero attached hydrogens (tertiary/aromatic N) is 2. The maximum Gasteiger partial charge on any atom is 0.135 e. The number of nitrogens with one attached hydrogen (secondary N) is 1. The highest BCUT2D eigenvalue weighted by Gasteiger charge is 2.30. The summed E-state index contributed by atoms with van der Waals surface area (Å²) in [6.07, 6.45) is 8.37. The van der Waals surface area contributed by atoms with E-state index in [1.165, 1.54) is 37.7 Å². The van der Waals surface area contributed by atoms with E-state index in [0.717, 1.165) is 24.5 Å². The molecule has 3 atom stereocenters. The Balaban J connectivity index is 1.54. The first-order chi connectivity index (χ1) is 10.4. The van der Waals surface area contributed by atoms with Crippen molar-refractivity contribution in [2.75, 3.05) is 13.2 Å². The van der Waals surface area contributed by atoms with Crippen LogP contribution in [0.25, 0.3) is 11.0 Å². The second-order valence-corrected chi connectivity index (χ2v) is 6.31. The van der Waals surface area contributed by atoms with Crippen LogP contribution in [-0.2, 0) is 4.74 Å². The van der Waals surface area contributed by atoms with Gasteiger partial charge in [-0.3, -0.25) is 0 Å². The molecule has 2 fully saturated rings. The van der Waals surface area contributed by atoms with Crippen molar-refractivity contribution in [3.63, 3.8) is 0 Å². The smallest absolute Gasteiger partial charge is 0.135 e. The van der Waals surface area contributed by atoms with Gasteiger partial charge in [-0.1, -0.05) is 18.6 Å². The quantitative estimate of drug-likeness (QED) is 0.921. The first-order valence-electron chi connectivity index (χ1n) is 8.18. The minimum absolute atomic E-state index is 0.139. The zero-order chi connectivity index (χ0) is 14.1. The predicted molar refractivity (Wildman–Crippen MR) is 83.1 cm³/mol. The Morgan fingerprint density at radius 1 is 1.19 bits per heavy atom. The normalized spacial score (nSPS) is 30.6. The molecule has 0 bridgehead atoms. The van der Waals surface area contributed by atoms with Crippen LogP contribution in [0.15, 0.2) is 30.6 Å². The summed E-state index contributed by atoms with van der Waals surface area (Å²) in [5.74, 6) is 0.727. The van der Waals surface area contributed by atoms with Gasteiger partial charge in [0.15, 0.2) is 0 Å². The van der Waals surface area contributed by atoms with Gasteiger partial charge in [0.05, 0.1) is 17.4 Å². The molecule has 1 aromatic carbocycles. The Morgan fingerprint density at radius 3 is 3.05 bits per heavy atom. The monoisotopic (exact) mass is 285 g/mol. The van der Waals surface area contributed by atoms with Gasteiger partial charge in [-0.15, -0.1) is 0 Å². The Bertz CT molecular complexity index is 603. The van der Waals surface area contributed by atoms with Crippen molar-refractivity contribution in [2.24, 2.45) is 5.92 Å². The van der Waals surface area contributed by atoms with Gasteiger partial charge in [0.2, 0.25) is 0 Å². The molecule has 3 heterocycles. The number of hydrogen-bond acceptors (Lipinski definition) is 3. The van der Waals surface area contributed by atoms with E-state index >= 15 is 0 Å². The highest BCUT2D eigenvalue weighted by atomic mass is 16.5. The third-order valence-corrected chi connectivity index (χ3v) is 5.01. The molecule has 2 aliphatic rings. The van der Waals surface area contributed by atoms with Gasteiger partial charge in [0.25, 0.3) is 0 Å². The molecule has 4 heteroatoms. The lowest BCUT2D eigenvalue weighted by atomic mass is 9.85. The summed E-state index contributed by atoms with van der Waals surface area (Å²) in [7, 11) is 0. The van der Waals surface area contributed by atoms with Crippen LogP contribution >= 0.6 is 0 Å². The molecule has 4 rings (SSSR count). The van der Waals surface area contributed by atoms with E-state index in [4.69, 9.17) is 4.74 Å². The number of imidazole rings is 1. The van der Waals surface area contributed by atoms with E-state index in [1.54, 1.807) is 0 Å². The summed E-state index contributed by atoms with van der Waals surface area (Å²) >= 11 is 0. The number of benzene rings is 1. The molecule has 2 aliphatic heterocycles. The molecule has 1 N–H and O–H groups in total. The van der Waals surface area contributed by atoms with Crippen molar-refractivity contribution in [1.29, 1.82) is 0 Å². The molecular weight excluding hydrogens is 262 g/mol. The number of hydrogen-bond donors (Lipinski definition) is 1. The van der Waals surface area contributed by atoms with E-state index in [0.29, 0.717) is 6.04 Å². The van der Waals surface area contributed by atoms with E-state index < -0.39 is 0 Å². The van der Waals surface area contributed by atoms with Crippen molar-refractivity contribution >= 4 is 11.0 Å². The number of ether oxygens (including phenoxy) is 1. The van der Waals surface area contributed by atoms with Crippen LogP contribution in [0.2, 0.25) is 0 Å². The fraction of sp³-hybridized carbons (Fsp3) is 0.588. The molecular formula is C17H23N3O. The highest BCUT2D eigenvalue weighted by molar-refractivity contribution is 5.75. The molecule has 112 valence electrons. The minimum Gasteiger partial charge on any atom is -0.358 e. The Hall–Kier alpha value is -1.39. The number of rotatable bonds is 2. The molecule has 0 saturated carbocycles. The topological polar surface area (TPSA) is 39.1 Å². The van der Waals surface area contributed by atoms with Crippen molar-refractivity contribution in [3.8, 4) is 0 Å². The van der Waals surface area contributed by atoms with Crippen LogP contribution < -0.4 is 5.32 Å². The lowest BCUT2D eigenvalue weighted by molar-refractivity contribution is -0.0597. The van der Waals surface area contributed by atoms with E-state index in [2.05, 4.69) is 33.1 Å². The lowest BCUT2D eigenvalue weighted by Crippen LogP contribution is -2.43. The number of fused-ring (bicyclic) bond motifs is 1. The summed E-state index contributed by atoms with van der Waals surface area (Å²) in [6.45, 7) is 2.04. The van der Waals surface area contributed by atoms with Crippen LogP contribution in [0, 0.1) is 5.92 Å². The van der Waals surface area contributed by atoms with Gasteiger partial charge >= 0.3 is 0 Å². The van der Waals surface area contributed by atoms with Crippen molar-refractivity contribution in [3.05, 3.63) is 30.6 Å². The lowest BCUT2D eigenvalue weighted by Gasteiger charge is -2.37. The average Bonchev–Trinajstić information content (AvgIpc) is 3.00. The first-order valence-corrected chi connectivity index (χ1v) is 8.18. The van der Waals surface area contributed by atoms with Crippen molar-refractivity contribution < 1.29 is 4.74 Å². The molecule has 21 heavy (non-hydrogen) atoms. The second kappa shape index (κ2) is 5.78. The SMILES string of the molecule is c1ccc2c(c1)ncn2C1CC(C2CCCCN2)CCO1. The average molecular weight is 285 g/mol. The molecule has 2 saturated heterocycles. The zero-order valence-electron chi connectivity index (χ0n) is 12.4. The summed E-state index contributed by atoms with van der Waals surface area (Å²) < 4.78 is 8.26. The highest BCUT2D eigenvalue weighted by Crippen LogP contribution is 2.33. The fourth-order valence-corrected chi connectivity index (χ4v) is 3.85. The number of aromatic nitrogens is 2. The summed E-state index contributed by atoms with van der Waals surface area (Å²) in [6, 6.07) is 8.99. The van der Waals surface area contributed by atoms with Gasteiger partial charge in [-0.05, 0) is 50.3 Å². The molecule has 0 aliphatic carbocycles. The largest absolute Gasteiger partial charge is 0.358 e. The van der Waals surface area contributed by atoms with Gasteiger partial charge in [-0.25, -0.2) is 4.98 Å². The standard InChI is InChI=1S/C17H23N3O/c1-2-7-16-15(6-1)19-12-20(16)17-11-13(8-10-21-17)14-5-3-4-9-18-14/h1-2,6-7,12-14,17-18H,3-5,8-11H2. The van der Waals surface area contributed by atoms with Gasteiger partial charge < -0.3 is 14.6 Å². The maximum absolute atomic E-state index is 6.05. The third kappa shape index (κ3) is 2.58. The fourth-order valence-electron chi connectivity index (χ4n) is 3.85. The van der Waals surface area contributed by atoms with E-state index in [-0.39, 0.29) is 6.23 Å². The van der Waals surface area contributed by atoms with E-state index in [9.17, 15) is 0 Å². The van der Waals surface area contributed by atoms with E-state index in [1.807, 2.05) is 12.4 Å². The second-order valence-electron chi connectivity index (χ2n) is 6.31. The molecule has 0 amide bonds. The van der Waals surface area contributed by atoms with Crippen molar-refractivity contribution in [2.45, 2.75) is 44.4 Å². The molecule has 2 aromatic rings. The maximum atomic E-state index is 6.05.